The number of carbonyl (C=O) groups is 2. The Morgan fingerprint density at radius 1 is 1.14 bits per heavy atom. The molecule has 2 amide bonds. The number of fused-ring (bicyclic) bond motifs is 1. The third-order valence-corrected chi connectivity index (χ3v) is 5.48. The fourth-order valence-corrected chi connectivity index (χ4v) is 3.72. The van der Waals surface area contributed by atoms with Crippen molar-refractivity contribution in [1.29, 1.82) is 0 Å². The summed E-state index contributed by atoms with van der Waals surface area (Å²) >= 11 is 3.41. The largest absolute Gasteiger partial charge is 0.461 e. The Morgan fingerprint density at radius 2 is 1.83 bits per heavy atom. The van der Waals surface area contributed by atoms with E-state index in [0.29, 0.717) is 6.54 Å². The van der Waals surface area contributed by atoms with Gasteiger partial charge in [-0.05, 0) is 23.8 Å². The quantitative estimate of drug-likeness (QED) is 0.544. The second-order valence-electron chi connectivity index (χ2n) is 7.11. The van der Waals surface area contributed by atoms with Crippen LogP contribution in [0.5, 0.6) is 0 Å². The van der Waals surface area contributed by atoms with Crippen LogP contribution in [-0.2, 0) is 22.6 Å². The molecule has 0 bridgehead atoms. The zero-order valence-electron chi connectivity index (χ0n) is 16.9. The molecule has 1 atom stereocenters. The minimum Gasteiger partial charge on any atom is -0.461 e. The van der Waals surface area contributed by atoms with Crippen molar-refractivity contribution < 1.29 is 14.0 Å². The van der Waals surface area contributed by atoms with E-state index in [0.717, 1.165) is 38.7 Å². The molecule has 6 heteroatoms. The Hall–Kier alpha value is -2.60. The highest BCUT2D eigenvalue weighted by Gasteiger charge is 2.22. The molecule has 0 spiro atoms. The second-order valence-corrected chi connectivity index (χ2v) is 8.03. The van der Waals surface area contributed by atoms with Gasteiger partial charge in [0.25, 0.3) is 0 Å². The molecular weight excluding hydrogens is 432 g/mol. The lowest BCUT2D eigenvalue weighted by Gasteiger charge is -2.23. The van der Waals surface area contributed by atoms with Crippen molar-refractivity contribution in [2.24, 2.45) is 0 Å². The van der Waals surface area contributed by atoms with Gasteiger partial charge in [-0.15, -0.1) is 0 Å². The molecule has 0 aliphatic rings. The van der Waals surface area contributed by atoms with Gasteiger partial charge in [-0.25, -0.2) is 0 Å². The summed E-state index contributed by atoms with van der Waals surface area (Å²) in [6, 6.07) is 15.2. The Balaban J connectivity index is 1.78. The summed E-state index contributed by atoms with van der Waals surface area (Å²) in [6.07, 6.45) is 0.953. The molecule has 5 nitrogen and oxygen atoms in total. The number of benzene rings is 2. The number of hydrogen-bond donors (Lipinski definition) is 1. The van der Waals surface area contributed by atoms with E-state index in [2.05, 4.69) is 21.2 Å². The molecule has 152 valence electrons. The minimum absolute atomic E-state index is 0.0426. The maximum absolute atomic E-state index is 13.0. The van der Waals surface area contributed by atoms with Crippen LogP contribution in [0.1, 0.15) is 43.2 Å². The molecule has 2 aromatic carbocycles. The summed E-state index contributed by atoms with van der Waals surface area (Å²) in [5.41, 5.74) is 2.78. The standard InChI is InChI=1S/C23H25BrN2O3/c1-4-21-19(18-7-5-6-8-22(18)29-21)14-26(3)23(28)13-20(25-15(2)27)16-9-11-17(24)12-10-16/h5-12,20H,4,13-14H2,1-3H3,(H,25,27). The average Bonchev–Trinajstić information content (AvgIpc) is 3.05. The molecule has 0 aliphatic carbocycles. The first-order valence-electron chi connectivity index (χ1n) is 9.64. The van der Waals surface area contributed by atoms with Crippen LogP contribution in [-0.4, -0.2) is 23.8 Å². The van der Waals surface area contributed by atoms with Gasteiger partial charge < -0.3 is 14.6 Å². The second kappa shape index (κ2) is 9.27. The van der Waals surface area contributed by atoms with E-state index in [-0.39, 0.29) is 24.3 Å². The highest BCUT2D eigenvalue weighted by atomic mass is 79.9. The van der Waals surface area contributed by atoms with Crippen LogP contribution >= 0.6 is 15.9 Å². The Labute approximate surface area is 179 Å². The number of aryl methyl sites for hydroxylation is 1. The summed E-state index contributed by atoms with van der Waals surface area (Å²) in [7, 11) is 1.79. The molecule has 1 heterocycles. The van der Waals surface area contributed by atoms with E-state index in [9.17, 15) is 9.59 Å². The van der Waals surface area contributed by atoms with E-state index < -0.39 is 0 Å². The lowest BCUT2D eigenvalue weighted by molar-refractivity contribution is -0.131. The van der Waals surface area contributed by atoms with Crippen LogP contribution < -0.4 is 5.32 Å². The highest BCUT2D eigenvalue weighted by molar-refractivity contribution is 9.10. The van der Waals surface area contributed by atoms with Crippen molar-refractivity contribution in [3.8, 4) is 0 Å². The van der Waals surface area contributed by atoms with Crippen molar-refractivity contribution in [2.45, 2.75) is 39.3 Å². The molecule has 29 heavy (non-hydrogen) atoms. The third-order valence-electron chi connectivity index (χ3n) is 4.95. The zero-order valence-corrected chi connectivity index (χ0v) is 18.5. The first-order valence-corrected chi connectivity index (χ1v) is 10.4. The van der Waals surface area contributed by atoms with Crippen LogP contribution in [0.25, 0.3) is 11.0 Å². The van der Waals surface area contributed by atoms with Gasteiger partial charge in [0, 0.05) is 42.4 Å². The van der Waals surface area contributed by atoms with Crippen LogP contribution in [0, 0.1) is 0 Å². The first kappa shape index (κ1) is 21.1. The van der Waals surface area contributed by atoms with Crippen LogP contribution in [0.15, 0.2) is 57.4 Å². The van der Waals surface area contributed by atoms with Crippen molar-refractivity contribution in [3.05, 3.63) is 69.9 Å². The van der Waals surface area contributed by atoms with E-state index in [4.69, 9.17) is 4.42 Å². The molecule has 0 fully saturated rings. The Morgan fingerprint density at radius 3 is 2.48 bits per heavy atom. The summed E-state index contributed by atoms with van der Waals surface area (Å²) in [6.45, 7) is 3.97. The number of furan rings is 1. The van der Waals surface area contributed by atoms with Crippen LogP contribution in [0.4, 0.5) is 0 Å². The predicted molar refractivity (Wildman–Crippen MR) is 117 cm³/mol. The maximum Gasteiger partial charge on any atom is 0.225 e. The predicted octanol–water partition coefficient (Wildman–Crippen LogP) is 4.98. The number of halogens is 1. The maximum atomic E-state index is 13.0. The summed E-state index contributed by atoms with van der Waals surface area (Å²) < 4.78 is 6.89. The Bertz CT molecular complexity index is 1010. The summed E-state index contributed by atoms with van der Waals surface area (Å²) in [4.78, 5) is 26.3. The molecule has 0 saturated heterocycles. The molecule has 1 N–H and O–H groups in total. The van der Waals surface area contributed by atoms with Gasteiger partial charge in [-0.2, -0.15) is 0 Å². The van der Waals surface area contributed by atoms with E-state index >= 15 is 0 Å². The van der Waals surface area contributed by atoms with Gasteiger partial charge in [-0.1, -0.05) is 53.2 Å². The molecule has 0 radical (unpaired) electrons. The van der Waals surface area contributed by atoms with E-state index in [1.807, 2.05) is 55.5 Å². The smallest absolute Gasteiger partial charge is 0.225 e. The number of para-hydroxylation sites is 1. The molecule has 3 rings (SSSR count). The monoisotopic (exact) mass is 456 g/mol. The van der Waals surface area contributed by atoms with Gasteiger partial charge >= 0.3 is 0 Å². The van der Waals surface area contributed by atoms with Gasteiger partial charge in [0.15, 0.2) is 0 Å². The average molecular weight is 457 g/mol. The van der Waals surface area contributed by atoms with Crippen molar-refractivity contribution >= 4 is 38.7 Å². The van der Waals surface area contributed by atoms with Gasteiger partial charge in [0.05, 0.1) is 12.5 Å². The van der Waals surface area contributed by atoms with E-state index in [1.54, 1.807) is 11.9 Å². The lowest BCUT2D eigenvalue weighted by atomic mass is 10.0. The van der Waals surface area contributed by atoms with Gasteiger partial charge in [0.1, 0.15) is 11.3 Å². The van der Waals surface area contributed by atoms with Crippen molar-refractivity contribution in [3.63, 3.8) is 0 Å². The van der Waals surface area contributed by atoms with Crippen LogP contribution in [0.3, 0.4) is 0 Å². The number of nitrogens with zero attached hydrogens (tertiary/aromatic N) is 1. The molecule has 3 aromatic rings. The number of hydrogen-bond acceptors (Lipinski definition) is 3. The number of rotatable bonds is 7. The first-order chi connectivity index (χ1) is 13.9. The van der Waals surface area contributed by atoms with Crippen molar-refractivity contribution in [1.82, 2.24) is 10.2 Å². The van der Waals surface area contributed by atoms with Gasteiger partial charge in [0.2, 0.25) is 11.8 Å². The van der Waals surface area contributed by atoms with Gasteiger partial charge in [-0.3, -0.25) is 9.59 Å². The molecular formula is C23H25BrN2O3. The third kappa shape index (κ3) is 5.07. The van der Waals surface area contributed by atoms with E-state index in [1.165, 1.54) is 6.92 Å². The number of carbonyl (C=O) groups excluding carboxylic acids is 2. The minimum atomic E-state index is -0.373. The van der Waals surface area contributed by atoms with Crippen LogP contribution in [0.2, 0.25) is 0 Å². The Kier molecular flexibility index (Phi) is 6.75. The summed E-state index contributed by atoms with van der Waals surface area (Å²) in [5, 5.41) is 3.93. The highest BCUT2D eigenvalue weighted by Crippen LogP contribution is 2.28. The molecule has 0 aliphatic heterocycles. The zero-order chi connectivity index (χ0) is 21.0. The SMILES string of the molecule is CCc1oc2ccccc2c1CN(C)C(=O)CC(NC(C)=O)c1ccc(Br)cc1. The van der Waals surface area contributed by atoms with Crippen molar-refractivity contribution in [2.75, 3.05) is 7.05 Å². The number of nitrogens with one attached hydrogen (secondary N) is 1. The molecule has 0 saturated carbocycles. The summed E-state index contributed by atoms with van der Waals surface area (Å²) in [5.74, 6) is 0.693. The molecule has 1 aromatic heterocycles. The normalized spacial score (nSPS) is 12.0. The lowest BCUT2D eigenvalue weighted by Crippen LogP contribution is -2.33. The molecule has 1 unspecified atom stereocenters. The number of amides is 2. The fraction of sp³-hybridized carbons (Fsp3) is 0.304. The fourth-order valence-electron chi connectivity index (χ4n) is 3.46. The topological polar surface area (TPSA) is 62.6 Å².